The quantitative estimate of drug-likeness (QED) is 0.0630. The van der Waals surface area contributed by atoms with Gasteiger partial charge in [0, 0.05) is 31.0 Å². The molecular formula is C22H32N2O10S4. The van der Waals surface area contributed by atoms with Crippen molar-refractivity contribution in [1.29, 1.82) is 0 Å². The summed E-state index contributed by atoms with van der Waals surface area (Å²) in [5, 5.41) is 18.4. The second kappa shape index (κ2) is 28.4. The molecule has 0 unspecified atom stereocenters. The predicted octanol–water partition coefficient (Wildman–Crippen LogP) is 3.42. The number of aliphatic hydroxyl groups excluding tert-OH is 1. The van der Waals surface area contributed by atoms with E-state index in [1.807, 2.05) is 36.4 Å². The molecular weight excluding hydrogens is 581 g/mol. The molecule has 0 aromatic carbocycles. The van der Waals surface area contributed by atoms with Crippen LogP contribution in [0.3, 0.4) is 0 Å². The first-order valence-electron chi connectivity index (χ1n) is 10.7. The van der Waals surface area contributed by atoms with Crippen LogP contribution in [0.4, 0.5) is 0 Å². The average Bonchev–Trinajstić information content (AvgIpc) is 2.93. The van der Waals surface area contributed by atoms with Crippen molar-refractivity contribution in [1.82, 2.24) is 9.97 Å². The molecule has 2 aromatic heterocycles. The normalized spacial score (nSPS) is 9.97. The molecule has 0 saturated heterocycles. The van der Waals surface area contributed by atoms with E-state index in [0.717, 1.165) is 15.8 Å². The summed E-state index contributed by atoms with van der Waals surface area (Å²) in [4.78, 5) is 37.4. The lowest BCUT2D eigenvalue weighted by atomic mass is 10.5. The van der Waals surface area contributed by atoms with Gasteiger partial charge < -0.3 is 29.2 Å². The van der Waals surface area contributed by atoms with E-state index in [-0.39, 0.29) is 39.4 Å². The maximum atomic E-state index is 11.1. The standard InChI is InChI=1S/C11H15NO4S2.C7H9NOS2.C4H8O5/c1-14-9-15-8-11(13)16-6-7-17-18-10-4-2-3-5-12-10;9-5-6-10-11-7-3-1-2-4-8-7;1-7-9-3-8-2-4(5)6/h2-5H,6-9H2,1H3;1-4,9H,5-6H2;2-3H2,1H3,(H,5,6). The molecule has 0 amide bonds. The molecule has 16 heteroatoms. The minimum absolute atomic E-state index is 0.0775. The fourth-order valence-electron chi connectivity index (χ4n) is 1.68. The van der Waals surface area contributed by atoms with Gasteiger partial charge in [0.2, 0.25) is 0 Å². The predicted molar refractivity (Wildman–Crippen MR) is 148 cm³/mol. The summed E-state index contributed by atoms with van der Waals surface area (Å²) in [6.45, 7) is 0.0710. The summed E-state index contributed by atoms with van der Waals surface area (Å²) in [5.41, 5.74) is 0. The van der Waals surface area contributed by atoms with E-state index in [1.165, 1.54) is 14.2 Å². The van der Waals surface area contributed by atoms with Gasteiger partial charge >= 0.3 is 11.9 Å². The van der Waals surface area contributed by atoms with Gasteiger partial charge in [0.15, 0.2) is 6.79 Å². The number of methoxy groups -OCH3 is 1. The van der Waals surface area contributed by atoms with Gasteiger partial charge in [-0.05, 0) is 45.9 Å². The van der Waals surface area contributed by atoms with Crippen molar-refractivity contribution in [3.8, 4) is 0 Å². The summed E-state index contributed by atoms with van der Waals surface area (Å²) in [7, 11) is 9.15. The van der Waals surface area contributed by atoms with Gasteiger partial charge in [-0.2, -0.15) is 0 Å². The first kappa shape index (κ1) is 36.4. The number of carbonyl (C=O) groups is 2. The lowest BCUT2D eigenvalue weighted by Crippen LogP contribution is -2.15. The largest absolute Gasteiger partial charge is 0.480 e. The van der Waals surface area contributed by atoms with Crippen LogP contribution in [0, 0.1) is 0 Å². The number of nitrogens with zero attached hydrogens (tertiary/aromatic N) is 2. The molecule has 2 aromatic rings. The Bertz CT molecular complexity index is 813. The smallest absolute Gasteiger partial charge is 0.332 e. The summed E-state index contributed by atoms with van der Waals surface area (Å²) >= 11 is 0. The summed E-state index contributed by atoms with van der Waals surface area (Å²) in [6, 6.07) is 11.5. The van der Waals surface area contributed by atoms with Crippen molar-refractivity contribution >= 4 is 55.1 Å². The van der Waals surface area contributed by atoms with E-state index in [9.17, 15) is 9.59 Å². The molecule has 0 bridgehead atoms. The van der Waals surface area contributed by atoms with Gasteiger partial charge in [-0.3, -0.25) is 0 Å². The monoisotopic (exact) mass is 612 g/mol. The number of esters is 1. The number of ether oxygens (including phenoxy) is 4. The molecule has 0 radical (unpaired) electrons. The number of carboxylic acids is 1. The first-order valence-corrected chi connectivity index (χ1v) is 15.4. The minimum atomic E-state index is -1.03. The molecule has 0 aliphatic rings. The highest BCUT2D eigenvalue weighted by Gasteiger charge is 2.03. The van der Waals surface area contributed by atoms with Crippen molar-refractivity contribution < 1.29 is 48.5 Å². The van der Waals surface area contributed by atoms with E-state index in [2.05, 4.69) is 29.2 Å². The number of hydrogen-bond donors (Lipinski definition) is 2. The van der Waals surface area contributed by atoms with Crippen LogP contribution < -0.4 is 0 Å². The van der Waals surface area contributed by atoms with Crippen LogP contribution in [0.5, 0.6) is 0 Å². The molecule has 0 aliphatic carbocycles. The van der Waals surface area contributed by atoms with Gasteiger partial charge in [-0.1, -0.05) is 33.7 Å². The number of aliphatic hydroxyl groups is 1. The molecule has 2 N–H and O–H groups in total. The molecule has 38 heavy (non-hydrogen) atoms. The number of aliphatic carboxylic acids is 1. The first-order chi connectivity index (χ1) is 18.5. The second-order valence-corrected chi connectivity index (χ2v) is 10.9. The zero-order valence-electron chi connectivity index (χ0n) is 21.0. The molecule has 0 aliphatic heterocycles. The molecule has 2 heterocycles. The maximum Gasteiger partial charge on any atom is 0.332 e. The second-order valence-electron chi connectivity index (χ2n) is 5.99. The molecule has 12 nitrogen and oxygen atoms in total. The van der Waals surface area contributed by atoms with Gasteiger partial charge in [-0.25, -0.2) is 29.3 Å². The highest BCUT2D eigenvalue weighted by atomic mass is 33.1. The number of pyridine rings is 2. The Morgan fingerprint density at radius 3 is 1.97 bits per heavy atom. The molecule has 2 rings (SSSR count). The average molecular weight is 613 g/mol. The Hall–Kier alpha value is -1.60. The SMILES string of the molecule is COCOCC(=O)OCCSSc1ccccn1.COOCOCC(=O)O.OCCSSc1ccccn1. The van der Waals surface area contributed by atoms with E-state index in [0.29, 0.717) is 12.4 Å². The third-order valence-electron chi connectivity index (χ3n) is 3.06. The number of rotatable bonds is 18. The molecule has 214 valence electrons. The van der Waals surface area contributed by atoms with E-state index < -0.39 is 5.97 Å². The number of carbonyl (C=O) groups excluding carboxylic acids is 1. The number of hydrogen-bond acceptors (Lipinski definition) is 15. The lowest BCUT2D eigenvalue weighted by molar-refractivity contribution is -0.317. The van der Waals surface area contributed by atoms with Gasteiger partial charge in [0.25, 0.3) is 0 Å². The van der Waals surface area contributed by atoms with Crippen LogP contribution in [0.2, 0.25) is 0 Å². The summed E-state index contributed by atoms with van der Waals surface area (Å²) < 4.78 is 18.8. The van der Waals surface area contributed by atoms with Crippen molar-refractivity contribution in [3.05, 3.63) is 48.8 Å². The van der Waals surface area contributed by atoms with E-state index in [4.69, 9.17) is 19.7 Å². The fraction of sp³-hybridized carbons (Fsp3) is 0.455. The topological polar surface area (TPSA) is 156 Å². The summed E-state index contributed by atoms with van der Waals surface area (Å²) in [5.74, 6) is 0.0450. The van der Waals surface area contributed by atoms with E-state index in [1.54, 1.807) is 55.6 Å². The van der Waals surface area contributed by atoms with Crippen LogP contribution in [0.1, 0.15) is 0 Å². The fourth-order valence-corrected chi connectivity index (χ4v) is 5.04. The lowest BCUT2D eigenvalue weighted by Gasteiger charge is -2.04. The van der Waals surface area contributed by atoms with Crippen LogP contribution in [0.15, 0.2) is 58.8 Å². The zero-order valence-corrected chi connectivity index (χ0v) is 24.2. The summed E-state index contributed by atoms with van der Waals surface area (Å²) in [6.07, 6.45) is 3.51. The third kappa shape index (κ3) is 26.0. The van der Waals surface area contributed by atoms with Crippen LogP contribution in [0.25, 0.3) is 0 Å². The van der Waals surface area contributed by atoms with Crippen LogP contribution in [-0.2, 0) is 38.3 Å². The minimum Gasteiger partial charge on any atom is -0.480 e. The Kier molecular flexibility index (Phi) is 27.2. The highest BCUT2D eigenvalue weighted by molar-refractivity contribution is 8.77. The Morgan fingerprint density at radius 1 is 0.868 bits per heavy atom. The maximum absolute atomic E-state index is 11.1. The molecule has 0 spiro atoms. The Labute approximate surface area is 237 Å². The number of aromatic nitrogens is 2. The van der Waals surface area contributed by atoms with E-state index >= 15 is 0 Å². The molecule has 0 saturated carbocycles. The third-order valence-corrected chi connectivity index (χ3v) is 7.54. The number of carboxylic acid groups (broad SMARTS) is 1. The van der Waals surface area contributed by atoms with Crippen molar-refractivity contribution in [2.75, 3.05) is 65.7 Å². The van der Waals surface area contributed by atoms with Gasteiger partial charge in [0.05, 0.1) is 13.7 Å². The van der Waals surface area contributed by atoms with Gasteiger partial charge in [0.1, 0.15) is 36.7 Å². The highest BCUT2D eigenvalue weighted by Crippen LogP contribution is 2.28. The van der Waals surface area contributed by atoms with Crippen molar-refractivity contribution in [3.63, 3.8) is 0 Å². The van der Waals surface area contributed by atoms with Gasteiger partial charge in [-0.15, -0.1) is 0 Å². The van der Waals surface area contributed by atoms with Crippen LogP contribution in [-0.4, -0.2) is 97.9 Å². The molecule has 0 fully saturated rings. The zero-order chi connectivity index (χ0) is 28.1. The van der Waals surface area contributed by atoms with Crippen molar-refractivity contribution in [2.45, 2.75) is 10.1 Å². The molecule has 0 atom stereocenters. The van der Waals surface area contributed by atoms with Crippen molar-refractivity contribution in [2.24, 2.45) is 0 Å². The Balaban J connectivity index is 0.000000586. The Morgan fingerprint density at radius 2 is 1.47 bits per heavy atom. The van der Waals surface area contributed by atoms with Crippen LogP contribution >= 0.6 is 43.2 Å².